The van der Waals surface area contributed by atoms with Gasteiger partial charge in [0.2, 0.25) is 5.91 Å². The number of rotatable bonds is 6. The van der Waals surface area contributed by atoms with E-state index in [1.54, 1.807) is 18.0 Å². The van der Waals surface area contributed by atoms with Gasteiger partial charge in [0.05, 0.1) is 6.42 Å². The smallest absolute Gasteiger partial charge is 0.224 e. The zero-order chi connectivity index (χ0) is 14.2. The van der Waals surface area contributed by atoms with Crippen molar-refractivity contribution < 1.29 is 4.79 Å². The van der Waals surface area contributed by atoms with Crippen molar-refractivity contribution in [1.29, 1.82) is 0 Å². The molecule has 0 aliphatic heterocycles. The lowest BCUT2D eigenvalue weighted by atomic mass is 10.1. The van der Waals surface area contributed by atoms with E-state index in [-0.39, 0.29) is 5.91 Å². The van der Waals surface area contributed by atoms with Gasteiger partial charge in [-0.25, -0.2) is 0 Å². The molecule has 1 amide bonds. The predicted octanol–water partition coefficient (Wildman–Crippen LogP) is 2.70. The third-order valence-corrected chi connectivity index (χ3v) is 3.73. The number of amides is 1. The fourth-order valence-corrected chi connectivity index (χ4v) is 2.29. The first-order chi connectivity index (χ1) is 9.78. The Hall–Kier alpha value is -1.81. The van der Waals surface area contributed by atoms with Crippen molar-refractivity contribution in [3.8, 4) is 0 Å². The molecule has 1 heterocycles. The van der Waals surface area contributed by atoms with Crippen LogP contribution in [-0.4, -0.2) is 23.7 Å². The number of hydrogen-bond donors (Lipinski definition) is 1. The minimum absolute atomic E-state index is 0.0609. The number of thioether (sulfide) groups is 1. The molecular weight excluding hydrogens is 268 g/mol. The van der Waals surface area contributed by atoms with Crippen LogP contribution < -0.4 is 5.32 Å². The van der Waals surface area contributed by atoms with E-state index in [0.717, 1.165) is 17.5 Å². The van der Waals surface area contributed by atoms with Crippen LogP contribution in [0, 0.1) is 0 Å². The first-order valence-electron chi connectivity index (χ1n) is 6.56. The van der Waals surface area contributed by atoms with Gasteiger partial charge in [0.25, 0.3) is 0 Å². The number of nitrogens with zero attached hydrogens (tertiary/aromatic N) is 1. The lowest BCUT2D eigenvalue weighted by Gasteiger charge is -2.06. The van der Waals surface area contributed by atoms with Crippen molar-refractivity contribution in [2.75, 3.05) is 12.8 Å². The fraction of sp³-hybridized carbons (Fsp3) is 0.250. The standard InChI is InChI=1S/C16H18N2OS/c1-20-15-6-4-13(5-7-15)11-16(19)18-10-8-14-3-2-9-17-12-14/h2-7,9,12H,8,10-11H2,1H3,(H,18,19). The summed E-state index contributed by atoms with van der Waals surface area (Å²) in [6, 6.07) is 12.0. The summed E-state index contributed by atoms with van der Waals surface area (Å²) in [5.74, 6) is 0.0609. The van der Waals surface area contributed by atoms with Gasteiger partial charge in [0, 0.05) is 23.8 Å². The Bertz CT molecular complexity index is 540. The van der Waals surface area contributed by atoms with Gasteiger partial charge >= 0.3 is 0 Å². The van der Waals surface area contributed by atoms with Crippen molar-refractivity contribution in [3.63, 3.8) is 0 Å². The van der Waals surface area contributed by atoms with E-state index in [0.29, 0.717) is 13.0 Å². The maximum Gasteiger partial charge on any atom is 0.224 e. The zero-order valence-corrected chi connectivity index (χ0v) is 12.3. The van der Waals surface area contributed by atoms with E-state index < -0.39 is 0 Å². The highest BCUT2D eigenvalue weighted by atomic mass is 32.2. The zero-order valence-electron chi connectivity index (χ0n) is 11.5. The molecule has 4 heteroatoms. The Morgan fingerprint density at radius 1 is 1.20 bits per heavy atom. The van der Waals surface area contributed by atoms with Gasteiger partial charge in [0.1, 0.15) is 0 Å². The minimum Gasteiger partial charge on any atom is -0.355 e. The molecule has 2 aromatic rings. The summed E-state index contributed by atoms with van der Waals surface area (Å²) < 4.78 is 0. The minimum atomic E-state index is 0.0609. The Labute approximate surface area is 123 Å². The third-order valence-electron chi connectivity index (χ3n) is 2.98. The van der Waals surface area contributed by atoms with Crippen molar-refractivity contribution in [2.24, 2.45) is 0 Å². The van der Waals surface area contributed by atoms with Gasteiger partial charge < -0.3 is 5.32 Å². The van der Waals surface area contributed by atoms with Crippen LogP contribution in [0.5, 0.6) is 0 Å². The number of nitrogens with one attached hydrogen (secondary N) is 1. The Morgan fingerprint density at radius 3 is 2.65 bits per heavy atom. The van der Waals surface area contributed by atoms with E-state index in [9.17, 15) is 4.79 Å². The molecule has 0 atom stereocenters. The summed E-state index contributed by atoms with van der Waals surface area (Å²) in [5, 5.41) is 2.94. The molecule has 20 heavy (non-hydrogen) atoms. The van der Waals surface area contributed by atoms with Gasteiger partial charge in [-0.1, -0.05) is 18.2 Å². The number of carbonyl (C=O) groups is 1. The van der Waals surface area contributed by atoms with Crippen LogP contribution >= 0.6 is 11.8 Å². The molecule has 1 aromatic carbocycles. The summed E-state index contributed by atoms with van der Waals surface area (Å²) in [4.78, 5) is 17.1. The maximum atomic E-state index is 11.8. The number of hydrogen-bond acceptors (Lipinski definition) is 3. The van der Waals surface area contributed by atoms with Gasteiger partial charge in [-0.3, -0.25) is 9.78 Å². The molecule has 3 nitrogen and oxygen atoms in total. The normalized spacial score (nSPS) is 10.2. The van der Waals surface area contributed by atoms with Crippen LogP contribution in [0.1, 0.15) is 11.1 Å². The molecule has 1 N–H and O–H groups in total. The fourth-order valence-electron chi connectivity index (χ4n) is 1.88. The summed E-state index contributed by atoms with van der Waals surface area (Å²) in [5.41, 5.74) is 2.18. The molecule has 0 bridgehead atoms. The van der Waals surface area contributed by atoms with Crippen LogP contribution in [0.2, 0.25) is 0 Å². The Kier molecular flexibility index (Phi) is 5.62. The predicted molar refractivity (Wildman–Crippen MR) is 82.9 cm³/mol. The van der Waals surface area contributed by atoms with Crippen LogP contribution in [0.4, 0.5) is 0 Å². The number of pyridine rings is 1. The second kappa shape index (κ2) is 7.70. The Balaban J connectivity index is 1.74. The molecule has 0 radical (unpaired) electrons. The highest BCUT2D eigenvalue weighted by Gasteiger charge is 2.03. The molecule has 104 valence electrons. The number of benzene rings is 1. The van der Waals surface area contributed by atoms with Crippen molar-refractivity contribution in [1.82, 2.24) is 10.3 Å². The van der Waals surface area contributed by atoms with Gasteiger partial charge in [0.15, 0.2) is 0 Å². The second-order valence-corrected chi connectivity index (χ2v) is 5.37. The molecule has 0 spiro atoms. The Morgan fingerprint density at radius 2 is 2.00 bits per heavy atom. The molecule has 0 unspecified atom stereocenters. The van der Waals surface area contributed by atoms with Crippen LogP contribution in [-0.2, 0) is 17.6 Å². The average Bonchev–Trinajstić information content (AvgIpc) is 2.49. The summed E-state index contributed by atoms with van der Waals surface area (Å²) in [7, 11) is 0. The van der Waals surface area contributed by atoms with Gasteiger partial charge in [-0.05, 0) is 42.0 Å². The van der Waals surface area contributed by atoms with Crippen LogP contribution in [0.25, 0.3) is 0 Å². The number of aromatic nitrogens is 1. The van der Waals surface area contributed by atoms with E-state index in [2.05, 4.69) is 10.3 Å². The summed E-state index contributed by atoms with van der Waals surface area (Å²) in [6.07, 6.45) is 6.86. The summed E-state index contributed by atoms with van der Waals surface area (Å²) in [6.45, 7) is 0.646. The molecule has 0 aliphatic rings. The molecular formula is C16H18N2OS. The summed E-state index contributed by atoms with van der Waals surface area (Å²) >= 11 is 1.70. The van der Waals surface area contributed by atoms with E-state index in [1.807, 2.05) is 48.9 Å². The highest BCUT2D eigenvalue weighted by molar-refractivity contribution is 7.98. The molecule has 0 aliphatic carbocycles. The first kappa shape index (κ1) is 14.6. The van der Waals surface area contributed by atoms with Crippen LogP contribution in [0.3, 0.4) is 0 Å². The van der Waals surface area contributed by atoms with E-state index in [1.165, 1.54) is 4.90 Å². The van der Waals surface area contributed by atoms with Crippen LogP contribution in [0.15, 0.2) is 53.7 Å². The highest BCUT2D eigenvalue weighted by Crippen LogP contribution is 2.14. The SMILES string of the molecule is CSc1ccc(CC(=O)NCCc2cccnc2)cc1. The lowest BCUT2D eigenvalue weighted by molar-refractivity contribution is -0.120. The molecule has 0 saturated carbocycles. The van der Waals surface area contributed by atoms with E-state index in [4.69, 9.17) is 0 Å². The topological polar surface area (TPSA) is 42.0 Å². The van der Waals surface area contributed by atoms with E-state index >= 15 is 0 Å². The van der Waals surface area contributed by atoms with Crippen molar-refractivity contribution in [2.45, 2.75) is 17.7 Å². The second-order valence-electron chi connectivity index (χ2n) is 4.49. The first-order valence-corrected chi connectivity index (χ1v) is 7.79. The van der Waals surface area contributed by atoms with Gasteiger partial charge in [-0.2, -0.15) is 0 Å². The quantitative estimate of drug-likeness (QED) is 0.830. The molecule has 0 saturated heterocycles. The maximum absolute atomic E-state index is 11.8. The van der Waals surface area contributed by atoms with Gasteiger partial charge in [-0.15, -0.1) is 11.8 Å². The molecule has 1 aromatic heterocycles. The largest absolute Gasteiger partial charge is 0.355 e. The average molecular weight is 286 g/mol. The lowest BCUT2D eigenvalue weighted by Crippen LogP contribution is -2.27. The number of carbonyl (C=O) groups excluding carboxylic acids is 1. The molecule has 2 rings (SSSR count). The monoisotopic (exact) mass is 286 g/mol. The molecule has 0 fully saturated rings. The van der Waals surface area contributed by atoms with Crippen molar-refractivity contribution >= 4 is 17.7 Å². The van der Waals surface area contributed by atoms with Crippen molar-refractivity contribution in [3.05, 3.63) is 59.9 Å². The third kappa shape index (κ3) is 4.70.